The van der Waals surface area contributed by atoms with Gasteiger partial charge in [0.2, 0.25) is 17.7 Å². The zero-order valence-electron chi connectivity index (χ0n) is 14.0. The van der Waals surface area contributed by atoms with Crippen LogP contribution in [0.5, 0.6) is 0 Å². The molecule has 3 rings (SSSR count). The first kappa shape index (κ1) is 17.4. The molecule has 6 nitrogen and oxygen atoms in total. The van der Waals surface area contributed by atoms with Crippen LogP contribution >= 0.6 is 0 Å². The van der Waals surface area contributed by atoms with Crippen molar-refractivity contribution in [2.24, 2.45) is 0 Å². The summed E-state index contributed by atoms with van der Waals surface area (Å²) in [5.74, 6) is -0.728. The molecule has 0 aromatic heterocycles. The van der Waals surface area contributed by atoms with Crippen LogP contribution in [0, 0.1) is 5.82 Å². The Hall–Kier alpha value is -2.44. The molecular formula is C18H22FN3O3. The summed E-state index contributed by atoms with van der Waals surface area (Å²) in [7, 11) is 0. The molecule has 1 aromatic rings. The number of carbonyl (C=O) groups excluding carboxylic acids is 3. The largest absolute Gasteiger partial charge is 0.352 e. The SMILES string of the molecule is O=C1NCCN(C(=O)CCCN2CCCC2=O)[C@@H]1c1cccc(F)c1. The molecule has 2 heterocycles. The maximum absolute atomic E-state index is 13.5. The molecule has 2 saturated heterocycles. The highest BCUT2D eigenvalue weighted by molar-refractivity contribution is 5.89. The van der Waals surface area contributed by atoms with E-state index in [0.29, 0.717) is 38.0 Å². The van der Waals surface area contributed by atoms with Crippen LogP contribution in [0.4, 0.5) is 4.39 Å². The summed E-state index contributed by atoms with van der Waals surface area (Å²) in [6.45, 7) is 2.11. The van der Waals surface area contributed by atoms with Gasteiger partial charge in [0, 0.05) is 39.0 Å². The van der Waals surface area contributed by atoms with Gasteiger partial charge in [0.05, 0.1) is 0 Å². The third kappa shape index (κ3) is 3.97. The number of amides is 3. The molecule has 0 saturated carbocycles. The molecular weight excluding hydrogens is 325 g/mol. The van der Waals surface area contributed by atoms with Gasteiger partial charge in [-0.15, -0.1) is 0 Å². The Morgan fingerprint density at radius 2 is 2.12 bits per heavy atom. The molecule has 0 aliphatic carbocycles. The Kier molecular flexibility index (Phi) is 5.31. The minimum absolute atomic E-state index is 0.141. The number of nitrogens with one attached hydrogen (secondary N) is 1. The van der Waals surface area contributed by atoms with Crippen LogP contribution in [0.2, 0.25) is 0 Å². The number of carbonyl (C=O) groups is 3. The van der Waals surface area contributed by atoms with Crippen molar-refractivity contribution in [3.63, 3.8) is 0 Å². The number of piperazine rings is 1. The maximum atomic E-state index is 13.5. The molecule has 0 unspecified atom stereocenters. The molecule has 3 amide bonds. The van der Waals surface area contributed by atoms with Crippen molar-refractivity contribution in [1.29, 1.82) is 0 Å². The molecule has 25 heavy (non-hydrogen) atoms. The lowest BCUT2D eigenvalue weighted by atomic mass is 10.0. The molecule has 2 aliphatic heterocycles. The number of nitrogens with zero attached hydrogens (tertiary/aromatic N) is 2. The number of halogens is 1. The summed E-state index contributed by atoms with van der Waals surface area (Å²) in [4.78, 5) is 39.8. The zero-order chi connectivity index (χ0) is 17.8. The zero-order valence-corrected chi connectivity index (χ0v) is 14.0. The van der Waals surface area contributed by atoms with Gasteiger partial charge in [0.25, 0.3) is 0 Å². The summed E-state index contributed by atoms with van der Waals surface area (Å²) >= 11 is 0. The van der Waals surface area contributed by atoms with E-state index in [1.807, 2.05) is 0 Å². The van der Waals surface area contributed by atoms with Gasteiger partial charge in [-0.1, -0.05) is 12.1 Å². The Labute approximate surface area is 146 Å². The number of benzene rings is 1. The monoisotopic (exact) mass is 347 g/mol. The Morgan fingerprint density at radius 1 is 1.28 bits per heavy atom. The first-order valence-corrected chi connectivity index (χ1v) is 8.66. The lowest BCUT2D eigenvalue weighted by molar-refractivity contribution is -0.143. The predicted octanol–water partition coefficient (Wildman–Crippen LogP) is 1.23. The van der Waals surface area contributed by atoms with E-state index in [1.165, 1.54) is 23.1 Å². The van der Waals surface area contributed by atoms with Gasteiger partial charge in [-0.05, 0) is 30.5 Å². The molecule has 0 bridgehead atoms. The van der Waals surface area contributed by atoms with E-state index in [2.05, 4.69) is 5.32 Å². The molecule has 7 heteroatoms. The first-order valence-electron chi connectivity index (χ1n) is 8.66. The van der Waals surface area contributed by atoms with Gasteiger partial charge in [0.1, 0.15) is 11.9 Å². The number of hydrogen-bond donors (Lipinski definition) is 1. The molecule has 1 N–H and O–H groups in total. The fraction of sp³-hybridized carbons (Fsp3) is 0.500. The van der Waals surface area contributed by atoms with Crippen LogP contribution in [0.15, 0.2) is 24.3 Å². The van der Waals surface area contributed by atoms with Gasteiger partial charge >= 0.3 is 0 Å². The van der Waals surface area contributed by atoms with E-state index in [4.69, 9.17) is 0 Å². The van der Waals surface area contributed by atoms with Crippen molar-refractivity contribution in [3.05, 3.63) is 35.6 Å². The van der Waals surface area contributed by atoms with Crippen molar-refractivity contribution >= 4 is 17.7 Å². The quantitative estimate of drug-likeness (QED) is 0.871. The van der Waals surface area contributed by atoms with Crippen molar-refractivity contribution in [2.75, 3.05) is 26.2 Å². The average molecular weight is 347 g/mol. The molecule has 1 atom stereocenters. The number of likely N-dealkylation sites (tertiary alicyclic amines) is 1. The van der Waals surface area contributed by atoms with Crippen LogP contribution in [0.1, 0.15) is 37.3 Å². The van der Waals surface area contributed by atoms with Crippen LogP contribution in [-0.4, -0.2) is 53.7 Å². The fourth-order valence-electron chi connectivity index (χ4n) is 3.45. The van der Waals surface area contributed by atoms with Gasteiger partial charge < -0.3 is 15.1 Å². The second-order valence-electron chi connectivity index (χ2n) is 6.42. The van der Waals surface area contributed by atoms with Crippen LogP contribution in [-0.2, 0) is 14.4 Å². The summed E-state index contributed by atoms with van der Waals surface area (Å²) in [6.07, 6.45) is 2.30. The normalized spacial score (nSPS) is 20.8. The predicted molar refractivity (Wildman–Crippen MR) is 88.9 cm³/mol. The minimum Gasteiger partial charge on any atom is -0.352 e. The Morgan fingerprint density at radius 3 is 2.84 bits per heavy atom. The van der Waals surface area contributed by atoms with Crippen molar-refractivity contribution < 1.29 is 18.8 Å². The average Bonchev–Trinajstić information content (AvgIpc) is 2.99. The van der Waals surface area contributed by atoms with Crippen LogP contribution < -0.4 is 5.32 Å². The highest BCUT2D eigenvalue weighted by Crippen LogP contribution is 2.25. The lowest BCUT2D eigenvalue weighted by Gasteiger charge is -2.35. The van der Waals surface area contributed by atoms with Crippen LogP contribution in [0.25, 0.3) is 0 Å². The Bertz CT molecular complexity index is 679. The van der Waals surface area contributed by atoms with Gasteiger partial charge in [-0.2, -0.15) is 0 Å². The van der Waals surface area contributed by atoms with E-state index >= 15 is 0 Å². The molecule has 0 radical (unpaired) electrons. The summed E-state index contributed by atoms with van der Waals surface area (Å²) in [6, 6.07) is 4.99. The van der Waals surface area contributed by atoms with E-state index in [0.717, 1.165) is 13.0 Å². The number of hydrogen-bond acceptors (Lipinski definition) is 3. The highest BCUT2D eigenvalue weighted by atomic mass is 19.1. The smallest absolute Gasteiger partial charge is 0.247 e. The van der Waals surface area contributed by atoms with E-state index < -0.39 is 11.9 Å². The third-order valence-corrected chi connectivity index (χ3v) is 4.69. The summed E-state index contributed by atoms with van der Waals surface area (Å²) < 4.78 is 13.5. The highest BCUT2D eigenvalue weighted by Gasteiger charge is 2.34. The summed E-state index contributed by atoms with van der Waals surface area (Å²) in [5.41, 5.74) is 0.472. The second-order valence-corrected chi connectivity index (χ2v) is 6.42. The standard InChI is InChI=1S/C18H22FN3O3/c19-14-5-1-4-13(12-14)17-18(25)20-8-11-22(17)16(24)7-3-10-21-9-2-6-15(21)23/h1,4-5,12,17H,2-3,6-11H2,(H,20,25)/t17-/m1/s1. The van der Waals surface area contributed by atoms with Gasteiger partial charge in [-0.25, -0.2) is 4.39 Å². The molecule has 1 aromatic carbocycles. The van der Waals surface area contributed by atoms with Crippen LogP contribution in [0.3, 0.4) is 0 Å². The van der Waals surface area contributed by atoms with Gasteiger partial charge in [-0.3, -0.25) is 14.4 Å². The minimum atomic E-state index is -0.801. The fourth-order valence-corrected chi connectivity index (χ4v) is 3.45. The number of rotatable bonds is 5. The van der Waals surface area contributed by atoms with E-state index in [1.54, 1.807) is 11.0 Å². The van der Waals surface area contributed by atoms with Crippen molar-refractivity contribution in [2.45, 2.75) is 31.7 Å². The molecule has 2 aliphatic rings. The van der Waals surface area contributed by atoms with Gasteiger partial charge in [0.15, 0.2) is 0 Å². The maximum Gasteiger partial charge on any atom is 0.247 e. The van der Waals surface area contributed by atoms with E-state index in [9.17, 15) is 18.8 Å². The molecule has 2 fully saturated rings. The second kappa shape index (κ2) is 7.63. The first-order chi connectivity index (χ1) is 12.1. The lowest BCUT2D eigenvalue weighted by Crippen LogP contribution is -2.52. The third-order valence-electron chi connectivity index (χ3n) is 4.69. The van der Waals surface area contributed by atoms with Crippen molar-refractivity contribution in [1.82, 2.24) is 15.1 Å². The molecule has 0 spiro atoms. The topological polar surface area (TPSA) is 69.7 Å². The molecule has 134 valence electrons. The van der Waals surface area contributed by atoms with Crippen molar-refractivity contribution in [3.8, 4) is 0 Å². The Balaban J connectivity index is 1.64. The summed E-state index contributed by atoms with van der Waals surface area (Å²) in [5, 5.41) is 2.73. The van der Waals surface area contributed by atoms with E-state index in [-0.39, 0.29) is 24.1 Å².